The van der Waals surface area contributed by atoms with Crippen molar-refractivity contribution < 1.29 is 10.2 Å². The molecule has 2 N–H and O–H groups in total. The summed E-state index contributed by atoms with van der Waals surface area (Å²) in [7, 11) is 0. The fraction of sp³-hybridized carbons (Fsp3) is 0.615. The van der Waals surface area contributed by atoms with Crippen molar-refractivity contribution in [1.29, 1.82) is 0 Å². The number of fused-ring (bicyclic) bond motifs is 1. The Morgan fingerprint density at radius 1 is 1.21 bits per heavy atom. The molecule has 2 heterocycles. The third-order valence-corrected chi connectivity index (χ3v) is 4.11. The van der Waals surface area contributed by atoms with Crippen molar-refractivity contribution in [2.24, 2.45) is 11.8 Å². The summed E-state index contributed by atoms with van der Waals surface area (Å²) in [5, 5.41) is 20.1. The van der Waals surface area contributed by atoms with E-state index in [4.69, 9.17) is 0 Å². The van der Waals surface area contributed by atoms with E-state index in [1.807, 2.05) is 0 Å². The molecule has 102 valence electrons. The molecule has 0 spiro atoms. The molecule has 3 rings (SSSR count). The second kappa shape index (κ2) is 4.77. The summed E-state index contributed by atoms with van der Waals surface area (Å²) in [4.78, 5) is 11.9. The lowest BCUT2D eigenvalue weighted by atomic mass is 9.82. The third-order valence-electron chi connectivity index (χ3n) is 4.11. The third kappa shape index (κ3) is 2.16. The zero-order chi connectivity index (χ0) is 13.4. The number of aromatic hydroxyl groups is 1. The zero-order valence-electron chi connectivity index (χ0n) is 10.9. The van der Waals surface area contributed by atoms with Gasteiger partial charge in [-0.2, -0.15) is 4.98 Å². The zero-order valence-corrected chi connectivity index (χ0v) is 10.9. The standard InChI is InChI=1S/C13H18N4O2/c1-8-2-4-9(5-3-8)13(19)17-7-16-10-11(17)14-6-15-12(10)18/h6-9,13,19H,2-5H2,1H3,(H,14,15,18)/t8-,9+,13?. The van der Waals surface area contributed by atoms with Gasteiger partial charge in [0.2, 0.25) is 5.88 Å². The van der Waals surface area contributed by atoms with Crippen LogP contribution in [0.4, 0.5) is 0 Å². The van der Waals surface area contributed by atoms with E-state index in [0.29, 0.717) is 11.2 Å². The predicted octanol–water partition coefficient (Wildman–Crippen LogP) is 1.85. The maximum Gasteiger partial charge on any atom is 0.242 e. The van der Waals surface area contributed by atoms with E-state index in [1.165, 1.54) is 12.7 Å². The fourth-order valence-electron chi connectivity index (χ4n) is 2.84. The molecule has 1 atom stereocenters. The summed E-state index contributed by atoms with van der Waals surface area (Å²) in [6, 6.07) is 0. The minimum atomic E-state index is -0.633. The molecule has 6 nitrogen and oxygen atoms in total. The maximum atomic E-state index is 10.5. The molecule has 1 unspecified atom stereocenters. The van der Waals surface area contributed by atoms with Crippen LogP contribution >= 0.6 is 0 Å². The molecule has 2 aromatic heterocycles. The number of imidazole rings is 1. The Hall–Kier alpha value is -1.69. The number of aliphatic hydroxyl groups is 1. The lowest BCUT2D eigenvalue weighted by Crippen LogP contribution is -2.23. The van der Waals surface area contributed by atoms with Crippen LogP contribution in [-0.2, 0) is 0 Å². The lowest BCUT2D eigenvalue weighted by molar-refractivity contribution is 0.0200. The van der Waals surface area contributed by atoms with Gasteiger partial charge in [0.05, 0.1) is 6.33 Å². The number of nitrogens with zero attached hydrogens (tertiary/aromatic N) is 4. The molecule has 1 aliphatic carbocycles. The highest BCUT2D eigenvalue weighted by Gasteiger charge is 2.27. The van der Waals surface area contributed by atoms with Gasteiger partial charge >= 0.3 is 0 Å². The van der Waals surface area contributed by atoms with E-state index < -0.39 is 6.23 Å². The lowest BCUT2D eigenvalue weighted by Gasteiger charge is -2.30. The number of hydrogen-bond donors (Lipinski definition) is 2. The number of rotatable bonds is 2. The van der Waals surface area contributed by atoms with Crippen LogP contribution in [0, 0.1) is 11.8 Å². The molecule has 1 aliphatic rings. The number of aromatic nitrogens is 4. The van der Waals surface area contributed by atoms with E-state index in [0.717, 1.165) is 31.6 Å². The van der Waals surface area contributed by atoms with E-state index in [1.54, 1.807) is 4.57 Å². The van der Waals surface area contributed by atoms with Gasteiger partial charge in [-0.25, -0.2) is 9.97 Å². The molecule has 0 radical (unpaired) electrons. The van der Waals surface area contributed by atoms with E-state index >= 15 is 0 Å². The largest absolute Gasteiger partial charge is 0.492 e. The van der Waals surface area contributed by atoms with Crippen molar-refractivity contribution in [3.05, 3.63) is 12.7 Å². The Labute approximate surface area is 111 Å². The summed E-state index contributed by atoms with van der Waals surface area (Å²) in [6.07, 6.45) is 6.50. The van der Waals surface area contributed by atoms with Gasteiger partial charge in [-0.1, -0.05) is 19.8 Å². The highest BCUT2D eigenvalue weighted by molar-refractivity contribution is 5.75. The van der Waals surface area contributed by atoms with Crippen molar-refractivity contribution in [3.8, 4) is 5.88 Å². The van der Waals surface area contributed by atoms with Crippen LogP contribution in [0.5, 0.6) is 5.88 Å². The van der Waals surface area contributed by atoms with Crippen molar-refractivity contribution >= 4 is 11.2 Å². The van der Waals surface area contributed by atoms with Gasteiger partial charge in [0.25, 0.3) is 0 Å². The van der Waals surface area contributed by atoms with Crippen LogP contribution in [0.25, 0.3) is 11.2 Å². The van der Waals surface area contributed by atoms with Gasteiger partial charge in [0.15, 0.2) is 11.2 Å². The monoisotopic (exact) mass is 262 g/mol. The van der Waals surface area contributed by atoms with Crippen LogP contribution < -0.4 is 0 Å². The van der Waals surface area contributed by atoms with E-state index in [2.05, 4.69) is 21.9 Å². The van der Waals surface area contributed by atoms with Crippen LogP contribution in [0.2, 0.25) is 0 Å². The molecule has 2 aromatic rings. The van der Waals surface area contributed by atoms with Gasteiger partial charge in [-0.05, 0) is 18.8 Å². The van der Waals surface area contributed by atoms with E-state index in [-0.39, 0.29) is 11.8 Å². The molecule has 0 bridgehead atoms. The first-order valence-electron chi connectivity index (χ1n) is 6.71. The molecule has 1 saturated carbocycles. The van der Waals surface area contributed by atoms with Crippen LogP contribution in [0.3, 0.4) is 0 Å². The maximum absolute atomic E-state index is 10.5. The Bertz CT molecular complexity index is 575. The summed E-state index contributed by atoms with van der Waals surface area (Å²) in [5.41, 5.74) is 0.823. The average Bonchev–Trinajstić information content (AvgIpc) is 2.84. The van der Waals surface area contributed by atoms with Gasteiger partial charge in [-0.15, -0.1) is 0 Å². The Kier molecular flexibility index (Phi) is 3.10. The SMILES string of the molecule is C[C@H]1CC[C@@H](C(O)n2cnc3c(O)ncnc32)CC1. The molecule has 0 saturated heterocycles. The summed E-state index contributed by atoms with van der Waals surface area (Å²) < 4.78 is 1.64. The minimum absolute atomic E-state index is 0.145. The molecule has 19 heavy (non-hydrogen) atoms. The molecule has 6 heteroatoms. The van der Waals surface area contributed by atoms with Crippen LogP contribution in [0.15, 0.2) is 12.7 Å². The van der Waals surface area contributed by atoms with Crippen molar-refractivity contribution in [2.45, 2.75) is 38.8 Å². The van der Waals surface area contributed by atoms with Crippen molar-refractivity contribution in [3.63, 3.8) is 0 Å². The Morgan fingerprint density at radius 3 is 2.68 bits per heavy atom. The highest BCUT2D eigenvalue weighted by atomic mass is 16.3. The normalized spacial score (nSPS) is 25.6. The van der Waals surface area contributed by atoms with Crippen LogP contribution in [-0.4, -0.2) is 29.7 Å². The summed E-state index contributed by atoms with van der Waals surface area (Å²) >= 11 is 0. The first kappa shape index (κ1) is 12.3. The first-order chi connectivity index (χ1) is 9.16. The molecular formula is C13H18N4O2. The second-order valence-corrected chi connectivity index (χ2v) is 5.45. The van der Waals surface area contributed by atoms with Gasteiger partial charge < -0.3 is 10.2 Å². The molecular weight excluding hydrogens is 244 g/mol. The smallest absolute Gasteiger partial charge is 0.242 e. The minimum Gasteiger partial charge on any atom is -0.492 e. The molecule has 0 aliphatic heterocycles. The van der Waals surface area contributed by atoms with Crippen molar-refractivity contribution in [2.75, 3.05) is 0 Å². The number of aliphatic hydroxyl groups excluding tert-OH is 1. The molecule has 1 fully saturated rings. The summed E-state index contributed by atoms with van der Waals surface area (Å²) in [5.74, 6) is 0.827. The molecule has 0 aromatic carbocycles. The Balaban J connectivity index is 1.89. The van der Waals surface area contributed by atoms with E-state index in [9.17, 15) is 10.2 Å². The average molecular weight is 262 g/mol. The quantitative estimate of drug-likeness (QED) is 0.862. The second-order valence-electron chi connectivity index (χ2n) is 5.45. The first-order valence-corrected chi connectivity index (χ1v) is 6.71. The Morgan fingerprint density at radius 2 is 1.95 bits per heavy atom. The molecule has 0 amide bonds. The number of hydrogen-bond acceptors (Lipinski definition) is 5. The fourth-order valence-corrected chi connectivity index (χ4v) is 2.84. The summed E-state index contributed by atoms with van der Waals surface area (Å²) in [6.45, 7) is 2.25. The van der Waals surface area contributed by atoms with Gasteiger partial charge in [-0.3, -0.25) is 4.57 Å². The predicted molar refractivity (Wildman–Crippen MR) is 69.4 cm³/mol. The van der Waals surface area contributed by atoms with Crippen molar-refractivity contribution in [1.82, 2.24) is 19.5 Å². The van der Waals surface area contributed by atoms with Gasteiger partial charge in [0.1, 0.15) is 12.6 Å². The van der Waals surface area contributed by atoms with Crippen LogP contribution in [0.1, 0.15) is 38.8 Å². The topological polar surface area (TPSA) is 84.1 Å². The van der Waals surface area contributed by atoms with Gasteiger partial charge in [0, 0.05) is 5.92 Å². The highest BCUT2D eigenvalue weighted by Crippen LogP contribution is 2.35.